The van der Waals surface area contributed by atoms with Gasteiger partial charge in [-0.25, -0.2) is 9.97 Å². The number of benzene rings is 2. The summed E-state index contributed by atoms with van der Waals surface area (Å²) in [6, 6.07) is 32.0. The number of halogens is 2. The number of rotatable bonds is 9. The summed E-state index contributed by atoms with van der Waals surface area (Å²) in [4.78, 5) is 17.8. The summed E-state index contributed by atoms with van der Waals surface area (Å²) in [5.41, 5.74) is 9.02. The van der Waals surface area contributed by atoms with Gasteiger partial charge in [-0.3, -0.25) is 9.97 Å². The van der Waals surface area contributed by atoms with Gasteiger partial charge in [0.15, 0.2) is 11.3 Å². The Morgan fingerprint density at radius 2 is 1.17 bits per heavy atom. The van der Waals surface area contributed by atoms with E-state index in [2.05, 4.69) is 80.7 Å². The lowest BCUT2D eigenvalue weighted by molar-refractivity contribution is 0.925. The van der Waals surface area contributed by atoms with Crippen LogP contribution in [-0.4, -0.2) is 39.2 Å². The van der Waals surface area contributed by atoms with Crippen LogP contribution in [0.15, 0.2) is 138 Å². The van der Waals surface area contributed by atoms with Gasteiger partial charge < -0.3 is 10.6 Å². The third kappa shape index (κ3) is 8.07. The Hall–Kier alpha value is -6.16. The standard InChI is InChI=1S/C20H15Br2N5.C20H15N5/c21-18(22)9-16-13-25-27-19(24-12-14-5-4-8-23-11-14)10-17(26-20(16)27)15-6-2-1-3-7-15;1-2-16-14-23-25-19(22-13-15-7-6-10-21-12-15)11-18(24-20(16)25)17-8-4-3-5-9-17/h1-11,13,24H,12H2;1,3-12,14,22H,13H2. The molecule has 8 aromatic rings. The van der Waals surface area contributed by atoms with Gasteiger partial charge in [0.2, 0.25) is 0 Å². The first kappa shape index (κ1) is 34.3. The van der Waals surface area contributed by atoms with E-state index in [1.807, 2.05) is 108 Å². The predicted octanol–water partition coefficient (Wildman–Crippen LogP) is 8.88. The zero-order valence-corrected chi connectivity index (χ0v) is 30.8. The molecule has 0 unspecified atom stereocenters. The first-order chi connectivity index (χ1) is 25.6. The van der Waals surface area contributed by atoms with E-state index >= 15 is 0 Å². The lowest BCUT2D eigenvalue weighted by atomic mass is 10.1. The molecule has 6 heterocycles. The summed E-state index contributed by atoms with van der Waals surface area (Å²) in [6.07, 6.45) is 18.2. The maximum absolute atomic E-state index is 5.59. The van der Waals surface area contributed by atoms with Gasteiger partial charge >= 0.3 is 0 Å². The molecule has 0 fully saturated rings. The number of nitrogens with zero attached hydrogens (tertiary/aromatic N) is 8. The number of fused-ring (bicyclic) bond motifs is 2. The summed E-state index contributed by atoms with van der Waals surface area (Å²) >= 11 is 6.83. The Balaban J connectivity index is 0.000000162. The number of nitrogens with one attached hydrogen (secondary N) is 2. The van der Waals surface area contributed by atoms with Crippen LogP contribution in [0.1, 0.15) is 22.3 Å². The second kappa shape index (κ2) is 16.2. The van der Waals surface area contributed by atoms with Crippen molar-refractivity contribution in [1.29, 1.82) is 0 Å². The molecule has 8 rings (SSSR count). The van der Waals surface area contributed by atoms with Crippen LogP contribution in [0.25, 0.3) is 39.9 Å². The van der Waals surface area contributed by atoms with Crippen LogP contribution in [0, 0.1) is 12.3 Å². The Kier molecular flexibility index (Phi) is 10.7. The van der Waals surface area contributed by atoms with Crippen LogP contribution < -0.4 is 10.6 Å². The number of hydrogen-bond donors (Lipinski definition) is 2. The van der Waals surface area contributed by atoms with Crippen LogP contribution in [0.2, 0.25) is 0 Å². The number of hydrogen-bond acceptors (Lipinski definition) is 8. The summed E-state index contributed by atoms with van der Waals surface area (Å²) in [5, 5.41) is 15.7. The van der Waals surface area contributed by atoms with Gasteiger partial charge in [-0.15, -0.1) is 6.42 Å². The molecule has 0 atom stereocenters. The van der Waals surface area contributed by atoms with Crippen molar-refractivity contribution in [3.63, 3.8) is 0 Å². The molecular weight excluding hydrogens is 780 g/mol. The van der Waals surface area contributed by atoms with Crippen molar-refractivity contribution in [2.24, 2.45) is 0 Å². The molecule has 12 heteroatoms. The van der Waals surface area contributed by atoms with Gasteiger partial charge in [-0.05, 0) is 61.2 Å². The van der Waals surface area contributed by atoms with Gasteiger partial charge in [0.05, 0.1) is 32.7 Å². The molecule has 6 aromatic heterocycles. The van der Waals surface area contributed by atoms with E-state index < -0.39 is 0 Å². The summed E-state index contributed by atoms with van der Waals surface area (Å²) in [6.45, 7) is 1.28. The van der Waals surface area contributed by atoms with Gasteiger partial charge in [0.1, 0.15) is 11.6 Å². The molecule has 0 radical (unpaired) electrons. The smallest absolute Gasteiger partial charge is 0.173 e. The Labute approximate surface area is 317 Å². The molecule has 0 bridgehead atoms. The fourth-order valence-corrected chi connectivity index (χ4v) is 5.91. The first-order valence-electron chi connectivity index (χ1n) is 16.2. The minimum absolute atomic E-state index is 0.631. The third-order valence-electron chi connectivity index (χ3n) is 7.92. The second-order valence-electron chi connectivity index (χ2n) is 11.4. The maximum atomic E-state index is 5.59. The van der Waals surface area contributed by atoms with Crippen molar-refractivity contribution in [1.82, 2.24) is 39.2 Å². The van der Waals surface area contributed by atoms with Crippen LogP contribution in [0.5, 0.6) is 0 Å². The molecule has 254 valence electrons. The van der Waals surface area contributed by atoms with Crippen molar-refractivity contribution >= 4 is 60.9 Å². The molecule has 0 saturated carbocycles. The Morgan fingerprint density at radius 1 is 0.654 bits per heavy atom. The molecule has 52 heavy (non-hydrogen) atoms. The summed E-state index contributed by atoms with van der Waals surface area (Å²) in [5.74, 6) is 4.34. The normalized spacial score (nSPS) is 10.6. The van der Waals surface area contributed by atoms with E-state index in [9.17, 15) is 0 Å². The van der Waals surface area contributed by atoms with E-state index in [-0.39, 0.29) is 0 Å². The van der Waals surface area contributed by atoms with E-state index in [1.165, 1.54) is 0 Å². The minimum Gasteiger partial charge on any atom is -0.366 e. The quantitative estimate of drug-likeness (QED) is 0.139. The third-order valence-corrected chi connectivity index (χ3v) is 8.38. The number of terminal acetylenes is 1. The predicted molar refractivity (Wildman–Crippen MR) is 214 cm³/mol. The second-order valence-corrected chi connectivity index (χ2v) is 14.2. The fourth-order valence-electron chi connectivity index (χ4n) is 5.42. The number of pyridine rings is 2. The van der Waals surface area contributed by atoms with E-state index in [1.54, 1.807) is 29.3 Å². The average Bonchev–Trinajstić information content (AvgIpc) is 3.81. The highest BCUT2D eigenvalue weighted by Crippen LogP contribution is 2.27. The van der Waals surface area contributed by atoms with Crippen molar-refractivity contribution in [3.8, 4) is 34.9 Å². The average molecular weight is 811 g/mol. The largest absolute Gasteiger partial charge is 0.366 e. The Bertz CT molecular complexity index is 2490. The van der Waals surface area contributed by atoms with Gasteiger partial charge in [0.25, 0.3) is 0 Å². The molecule has 10 nitrogen and oxygen atoms in total. The lowest BCUT2D eigenvalue weighted by Gasteiger charge is -2.11. The summed E-state index contributed by atoms with van der Waals surface area (Å²) in [7, 11) is 0. The summed E-state index contributed by atoms with van der Waals surface area (Å²) < 4.78 is 4.39. The molecule has 0 aliphatic heterocycles. The number of anilines is 2. The maximum Gasteiger partial charge on any atom is 0.173 e. The van der Waals surface area contributed by atoms with Crippen molar-refractivity contribution < 1.29 is 0 Å². The van der Waals surface area contributed by atoms with Crippen molar-refractivity contribution in [2.45, 2.75) is 13.1 Å². The van der Waals surface area contributed by atoms with Gasteiger partial charge in [-0.1, -0.05) is 78.7 Å². The topological polar surface area (TPSA) is 110 Å². The van der Waals surface area contributed by atoms with Crippen LogP contribution in [0.4, 0.5) is 11.6 Å². The molecule has 0 amide bonds. The van der Waals surface area contributed by atoms with Crippen LogP contribution >= 0.6 is 31.9 Å². The van der Waals surface area contributed by atoms with Gasteiger partial charge in [0, 0.05) is 66.7 Å². The minimum atomic E-state index is 0.631. The highest BCUT2D eigenvalue weighted by atomic mass is 79.9. The molecular formula is C40H30Br2N10. The zero-order chi connectivity index (χ0) is 35.7. The van der Waals surface area contributed by atoms with E-state index in [0.717, 1.165) is 59.9 Å². The molecule has 0 saturated heterocycles. The fraction of sp³-hybridized carbons (Fsp3) is 0.0500. The molecule has 0 aliphatic carbocycles. The molecule has 0 spiro atoms. The lowest BCUT2D eigenvalue weighted by Crippen LogP contribution is -2.07. The number of aromatic nitrogens is 8. The molecule has 0 aliphatic rings. The van der Waals surface area contributed by atoms with Crippen molar-refractivity contribution in [3.05, 3.63) is 160 Å². The first-order valence-corrected chi connectivity index (χ1v) is 17.8. The van der Waals surface area contributed by atoms with Crippen LogP contribution in [-0.2, 0) is 13.1 Å². The SMILES string of the molecule is BrC(Br)=Cc1cnn2c(NCc3cccnc3)cc(-c3ccccc3)nc12.C#Cc1cnn2c(NCc3cccnc3)cc(-c3ccccc3)nc12. The zero-order valence-electron chi connectivity index (χ0n) is 27.6. The van der Waals surface area contributed by atoms with Crippen LogP contribution in [0.3, 0.4) is 0 Å². The molecule has 2 N–H and O–H groups in total. The monoisotopic (exact) mass is 808 g/mol. The van der Waals surface area contributed by atoms with E-state index in [4.69, 9.17) is 16.4 Å². The molecule has 2 aromatic carbocycles. The van der Waals surface area contributed by atoms with Crippen molar-refractivity contribution in [2.75, 3.05) is 10.6 Å². The Morgan fingerprint density at radius 3 is 1.67 bits per heavy atom. The van der Waals surface area contributed by atoms with Gasteiger partial charge in [-0.2, -0.15) is 19.2 Å². The highest BCUT2D eigenvalue weighted by molar-refractivity contribution is 9.28. The highest BCUT2D eigenvalue weighted by Gasteiger charge is 2.13. The van der Waals surface area contributed by atoms with E-state index in [0.29, 0.717) is 24.3 Å².